The summed E-state index contributed by atoms with van der Waals surface area (Å²) in [7, 11) is 0. The highest BCUT2D eigenvalue weighted by atomic mass is 16.1. The first-order chi connectivity index (χ1) is 8.39. The molecule has 1 nitrogen and oxygen atoms in total. The molecule has 0 N–H and O–H groups in total. The molecule has 2 rings (SSSR count). The summed E-state index contributed by atoms with van der Waals surface area (Å²) in [6.07, 6.45) is 3.67. The van der Waals surface area contributed by atoms with E-state index in [1.165, 1.54) is 30.4 Å². The first-order valence-corrected chi connectivity index (χ1v) is 7.05. The van der Waals surface area contributed by atoms with Gasteiger partial charge >= 0.3 is 0 Å². The molecular formula is C17H24O. The quantitative estimate of drug-likeness (QED) is 0.685. The predicted molar refractivity (Wildman–Crippen MR) is 76.5 cm³/mol. The second kappa shape index (κ2) is 4.53. The van der Waals surface area contributed by atoms with Crippen molar-refractivity contribution in [3.8, 4) is 0 Å². The molecule has 1 aliphatic rings. The van der Waals surface area contributed by atoms with Crippen LogP contribution in [-0.4, -0.2) is 5.78 Å². The van der Waals surface area contributed by atoms with Crippen molar-refractivity contribution in [3.05, 3.63) is 34.4 Å². The summed E-state index contributed by atoms with van der Waals surface area (Å²) in [6, 6.07) is 4.43. The summed E-state index contributed by atoms with van der Waals surface area (Å²) in [4.78, 5) is 11.7. The fourth-order valence-electron chi connectivity index (χ4n) is 3.23. The lowest BCUT2D eigenvalue weighted by atomic mass is 9.66. The fourth-order valence-corrected chi connectivity index (χ4v) is 3.23. The standard InChI is InChI=1S/C17H24O/c1-6-17(5)8-7-11(2)15-10-14(13(4)18)12(3)9-16(15)17/h9-11H,6-8H2,1-5H3/t11-,17-/m1/s1. The number of hydrogen-bond donors (Lipinski definition) is 0. The number of rotatable bonds is 2. The average molecular weight is 244 g/mol. The normalized spacial score (nSPS) is 26.8. The summed E-state index contributed by atoms with van der Waals surface area (Å²) in [5.41, 5.74) is 5.21. The maximum atomic E-state index is 11.7. The molecule has 0 aliphatic heterocycles. The summed E-state index contributed by atoms with van der Waals surface area (Å²) in [5, 5.41) is 0. The molecular weight excluding hydrogens is 220 g/mol. The Balaban J connectivity index is 2.65. The Morgan fingerprint density at radius 1 is 1.44 bits per heavy atom. The van der Waals surface area contributed by atoms with Crippen LogP contribution in [-0.2, 0) is 5.41 Å². The van der Waals surface area contributed by atoms with E-state index in [2.05, 4.69) is 39.8 Å². The monoisotopic (exact) mass is 244 g/mol. The van der Waals surface area contributed by atoms with Gasteiger partial charge in [-0.25, -0.2) is 0 Å². The molecule has 0 heterocycles. The Labute approximate surface area is 111 Å². The molecule has 18 heavy (non-hydrogen) atoms. The Bertz CT molecular complexity index is 487. The Morgan fingerprint density at radius 3 is 2.67 bits per heavy atom. The lowest BCUT2D eigenvalue weighted by Gasteiger charge is -2.39. The lowest BCUT2D eigenvalue weighted by Crippen LogP contribution is -2.28. The highest BCUT2D eigenvalue weighted by Gasteiger charge is 2.33. The minimum absolute atomic E-state index is 0.186. The van der Waals surface area contributed by atoms with E-state index in [1.54, 1.807) is 6.92 Å². The third-order valence-electron chi connectivity index (χ3n) is 4.87. The minimum Gasteiger partial charge on any atom is -0.295 e. The molecule has 0 saturated carbocycles. The molecule has 1 aromatic carbocycles. The third-order valence-corrected chi connectivity index (χ3v) is 4.87. The molecule has 0 unspecified atom stereocenters. The van der Waals surface area contributed by atoms with Gasteiger partial charge in [0.2, 0.25) is 0 Å². The van der Waals surface area contributed by atoms with Gasteiger partial charge in [-0.3, -0.25) is 4.79 Å². The second-order valence-electron chi connectivity index (χ2n) is 6.16. The first kappa shape index (κ1) is 13.3. The fraction of sp³-hybridized carbons (Fsp3) is 0.588. The van der Waals surface area contributed by atoms with Crippen molar-refractivity contribution in [3.63, 3.8) is 0 Å². The van der Waals surface area contributed by atoms with Crippen molar-refractivity contribution in [2.75, 3.05) is 0 Å². The summed E-state index contributed by atoms with van der Waals surface area (Å²) in [6.45, 7) is 10.7. The molecule has 0 fully saturated rings. The summed E-state index contributed by atoms with van der Waals surface area (Å²) in [5.74, 6) is 0.768. The number of carbonyl (C=O) groups is 1. The number of benzene rings is 1. The zero-order valence-corrected chi connectivity index (χ0v) is 12.3. The van der Waals surface area contributed by atoms with Crippen LogP contribution in [0.1, 0.15) is 79.9 Å². The van der Waals surface area contributed by atoms with E-state index < -0.39 is 0 Å². The van der Waals surface area contributed by atoms with Gasteiger partial charge in [-0.15, -0.1) is 0 Å². The molecule has 2 atom stereocenters. The van der Waals surface area contributed by atoms with Crippen molar-refractivity contribution < 1.29 is 4.79 Å². The van der Waals surface area contributed by atoms with Crippen LogP contribution in [0, 0.1) is 6.92 Å². The topological polar surface area (TPSA) is 17.1 Å². The van der Waals surface area contributed by atoms with Crippen LogP contribution in [0.5, 0.6) is 0 Å². The number of aryl methyl sites for hydroxylation is 1. The smallest absolute Gasteiger partial charge is 0.160 e. The van der Waals surface area contributed by atoms with Gasteiger partial charge in [0.05, 0.1) is 0 Å². The van der Waals surface area contributed by atoms with Crippen LogP contribution < -0.4 is 0 Å². The first-order valence-electron chi connectivity index (χ1n) is 7.05. The third kappa shape index (κ3) is 2.00. The zero-order valence-electron chi connectivity index (χ0n) is 12.3. The second-order valence-corrected chi connectivity index (χ2v) is 6.16. The summed E-state index contributed by atoms with van der Waals surface area (Å²) < 4.78 is 0. The number of hydrogen-bond acceptors (Lipinski definition) is 1. The Hall–Kier alpha value is -1.11. The van der Waals surface area contributed by atoms with Gasteiger partial charge in [-0.1, -0.05) is 26.8 Å². The van der Waals surface area contributed by atoms with Crippen molar-refractivity contribution in [2.24, 2.45) is 0 Å². The molecule has 0 saturated heterocycles. The largest absolute Gasteiger partial charge is 0.295 e. The van der Waals surface area contributed by atoms with E-state index in [1.807, 2.05) is 0 Å². The van der Waals surface area contributed by atoms with Crippen LogP contribution in [0.15, 0.2) is 12.1 Å². The molecule has 1 heteroatoms. The number of fused-ring (bicyclic) bond motifs is 1. The Kier molecular flexibility index (Phi) is 3.35. The molecule has 0 bridgehead atoms. The average Bonchev–Trinajstić information content (AvgIpc) is 2.33. The van der Waals surface area contributed by atoms with Crippen LogP contribution in [0.2, 0.25) is 0 Å². The number of carbonyl (C=O) groups excluding carboxylic acids is 1. The minimum atomic E-state index is 0.186. The van der Waals surface area contributed by atoms with Gasteiger partial charge in [0, 0.05) is 5.56 Å². The van der Waals surface area contributed by atoms with E-state index in [4.69, 9.17) is 0 Å². The number of Topliss-reactive ketones (excluding diaryl/α,β-unsaturated/α-hetero) is 1. The molecule has 0 radical (unpaired) electrons. The van der Waals surface area contributed by atoms with Crippen LogP contribution in [0.25, 0.3) is 0 Å². The lowest BCUT2D eigenvalue weighted by molar-refractivity contribution is 0.101. The zero-order chi connectivity index (χ0) is 13.5. The molecule has 0 spiro atoms. The SMILES string of the molecule is CC[C@]1(C)CC[C@@H](C)c2cc(C(C)=O)c(C)cc21. The van der Waals surface area contributed by atoms with Crippen molar-refractivity contribution in [1.29, 1.82) is 0 Å². The van der Waals surface area contributed by atoms with E-state index in [-0.39, 0.29) is 5.78 Å². The maximum Gasteiger partial charge on any atom is 0.160 e. The molecule has 98 valence electrons. The highest BCUT2D eigenvalue weighted by molar-refractivity contribution is 5.95. The van der Waals surface area contributed by atoms with Crippen LogP contribution in [0.3, 0.4) is 0 Å². The maximum absolute atomic E-state index is 11.7. The van der Waals surface area contributed by atoms with Crippen LogP contribution in [0.4, 0.5) is 0 Å². The van der Waals surface area contributed by atoms with Gasteiger partial charge in [0.15, 0.2) is 5.78 Å². The van der Waals surface area contributed by atoms with Gasteiger partial charge in [0.25, 0.3) is 0 Å². The highest BCUT2D eigenvalue weighted by Crippen LogP contribution is 2.45. The molecule has 0 amide bonds. The van der Waals surface area contributed by atoms with Gasteiger partial charge in [-0.2, -0.15) is 0 Å². The Morgan fingerprint density at radius 2 is 2.11 bits per heavy atom. The van der Waals surface area contributed by atoms with E-state index >= 15 is 0 Å². The van der Waals surface area contributed by atoms with Crippen molar-refractivity contribution in [2.45, 2.75) is 65.2 Å². The van der Waals surface area contributed by atoms with E-state index in [9.17, 15) is 4.79 Å². The van der Waals surface area contributed by atoms with E-state index in [0.717, 1.165) is 11.1 Å². The van der Waals surface area contributed by atoms with Crippen molar-refractivity contribution >= 4 is 5.78 Å². The van der Waals surface area contributed by atoms with Gasteiger partial charge < -0.3 is 0 Å². The molecule has 0 aromatic heterocycles. The summed E-state index contributed by atoms with van der Waals surface area (Å²) >= 11 is 0. The molecule has 1 aromatic rings. The van der Waals surface area contributed by atoms with Crippen LogP contribution >= 0.6 is 0 Å². The van der Waals surface area contributed by atoms with Crippen molar-refractivity contribution in [1.82, 2.24) is 0 Å². The van der Waals surface area contributed by atoms with E-state index in [0.29, 0.717) is 11.3 Å². The van der Waals surface area contributed by atoms with Gasteiger partial charge in [0.1, 0.15) is 0 Å². The molecule has 1 aliphatic carbocycles. The predicted octanol–water partition coefficient (Wildman–Crippen LogP) is 4.76. The number of ketones is 1. The van der Waals surface area contributed by atoms with Gasteiger partial charge in [-0.05, 0) is 67.2 Å².